The van der Waals surface area contributed by atoms with Crippen LogP contribution in [-0.4, -0.2) is 10.7 Å². The van der Waals surface area contributed by atoms with Gasteiger partial charge in [0.25, 0.3) is 0 Å². The van der Waals surface area contributed by atoms with Gasteiger partial charge in [0.2, 0.25) is 0 Å². The van der Waals surface area contributed by atoms with Crippen LogP contribution in [0.25, 0.3) is 0 Å². The third-order valence-electron chi connectivity index (χ3n) is 5.25. The minimum Gasteiger partial charge on any atom is -0.487 e. The maximum Gasteiger partial charge on any atom is 0.125 e. The topological polar surface area (TPSA) is 29.5 Å². The molecule has 110 valence electrons. The van der Waals surface area contributed by atoms with Crippen LogP contribution in [0.4, 0.5) is 0 Å². The minimum absolute atomic E-state index is 0.119. The predicted octanol–water partition coefficient (Wildman–Crippen LogP) is 4.54. The van der Waals surface area contributed by atoms with Gasteiger partial charge in [0.1, 0.15) is 11.4 Å². The second-order valence-electron chi connectivity index (χ2n) is 6.75. The maximum absolute atomic E-state index is 10.5. The van der Waals surface area contributed by atoms with Crippen LogP contribution in [0.5, 0.6) is 5.75 Å². The van der Waals surface area contributed by atoms with E-state index in [1.165, 1.54) is 31.2 Å². The fraction of sp³-hybridized carbons (Fsp3) is 0.667. The number of aryl methyl sites for hydroxylation is 1. The number of ether oxygens (including phenoxy) is 1. The van der Waals surface area contributed by atoms with Crippen LogP contribution >= 0.6 is 0 Å². The summed E-state index contributed by atoms with van der Waals surface area (Å²) in [5, 5.41) is 10.5. The number of fused-ring (bicyclic) bond motifs is 1. The summed E-state index contributed by atoms with van der Waals surface area (Å²) in [4.78, 5) is 0. The Morgan fingerprint density at radius 1 is 1.30 bits per heavy atom. The quantitative estimate of drug-likeness (QED) is 0.814. The highest BCUT2D eigenvalue weighted by molar-refractivity contribution is 5.40. The largest absolute Gasteiger partial charge is 0.487 e. The minimum atomic E-state index is -0.364. The molecule has 0 saturated heterocycles. The van der Waals surface area contributed by atoms with Crippen LogP contribution in [0.1, 0.15) is 69.1 Å². The lowest BCUT2D eigenvalue weighted by Gasteiger charge is -2.40. The molecule has 2 nitrogen and oxygen atoms in total. The maximum atomic E-state index is 10.5. The van der Waals surface area contributed by atoms with Crippen LogP contribution in [-0.2, 0) is 0 Å². The smallest absolute Gasteiger partial charge is 0.125 e. The summed E-state index contributed by atoms with van der Waals surface area (Å²) in [5.41, 5.74) is 2.05. The molecule has 20 heavy (non-hydrogen) atoms. The lowest BCUT2D eigenvalue weighted by Crippen LogP contribution is -2.40. The van der Waals surface area contributed by atoms with E-state index in [9.17, 15) is 5.11 Å². The highest BCUT2D eigenvalue weighted by Crippen LogP contribution is 2.46. The Labute approximate surface area is 122 Å². The molecule has 1 N–H and O–H groups in total. The highest BCUT2D eigenvalue weighted by Gasteiger charge is 2.41. The summed E-state index contributed by atoms with van der Waals surface area (Å²) in [5.74, 6) is 1.75. The zero-order valence-corrected chi connectivity index (χ0v) is 12.7. The third-order valence-corrected chi connectivity index (χ3v) is 5.25. The monoisotopic (exact) mass is 274 g/mol. The van der Waals surface area contributed by atoms with Crippen molar-refractivity contribution in [3.63, 3.8) is 0 Å². The Hall–Kier alpha value is -1.02. The number of aliphatic hydroxyl groups is 1. The molecule has 2 unspecified atom stereocenters. The Balaban J connectivity index is 1.85. The van der Waals surface area contributed by atoms with Crippen molar-refractivity contribution in [2.24, 2.45) is 5.92 Å². The van der Waals surface area contributed by atoms with E-state index in [0.717, 1.165) is 36.5 Å². The van der Waals surface area contributed by atoms with Crippen LogP contribution in [0.15, 0.2) is 18.2 Å². The molecule has 1 aliphatic carbocycles. The van der Waals surface area contributed by atoms with Gasteiger partial charge in [0.05, 0.1) is 6.10 Å². The van der Waals surface area contributed by atoms with Gasteiger partial charge >= 0.3 is 0 Å². The molecule has 1 aliphatic heterocycles. The number of aliphatic hydroxyl groups excluding tert-OH is 1. The molecule has 0 radical (unpaired) electrons. The molecule has 1 aromatic carbocycles. The SMILES string of the molecule is CCC1CCCC2(CC1)C[C@@H](O)c1cc(C)ccc1O2. The van der Waals surface area contributed by atoms with E-state index in [-0.39, 0.29) is 11.7 Å². The van der Waals surface area contributed by atoms with Crippen molar-refractivity contribution in [2.45, 2.75) is 70.5 Å². The standard InChI is InChI=1S/C18H26O2/c1-3-14-5-4-9-18(10-8-14)12-16(19)15-11-13(2)6-7-17(15)20-18/h6-7,11,14,16,19H,3-5,8-10,12H2,1-2H3/t14?,16-,18?/m1/s1. The Kier molecular flexibility index (Phi) is 3.76. The van der Waals surface area contributed by atoms with Gasteiger partial charge in [-0.3, -0.25) is 0 Å². The second kappa shape index (κ2) is 5.40. The van der Waals surface area contributed by atoms with Gasteiger partial charge in [-0.15, -0.1) is 0 Å². The average Bonchev–Trinajstić information content (AvgIpc) is 2.62. The molecule has 2 aliphatic rings. The van der Waals surface area contributed by atoms with Gasteiger partial charge in [0.15, 0.2) is 0 Å². The molecule has 3 rings (SSSR count). The molecule has 0 bridgehead atoms. The van der Waals surface area contributed by atoms with Crippen LogP contribution in [0.2, 0.25) is 0 Å². The molecule has 2 heteroatoms. The summed E-state index contributed by atoms with van der Waals surface area (Å²) >= 11 is 0. The van der Waals surface area contributed by atoms with Crippen molar-refractivity contribution in [1.82, 2.24) is 0 Å². The lowest BCUT2D eigenvalue weighted by molar-refractivity contribution is -0.0251. The average molecular weight is 274 g/mol. The third kappa shape index (κ3) is 2.58. The highest BCUT2D eigenvalue weighted by atomic mass is 16.5. The summed E-state index contributed by atoms with van der Waals surface area (Å²) in [6.45, 7) is 4.35. The molecule has 1 fully saturated rings. The molecule has 1 spiro atoms. The second-order valence-corrected chi connectivity index (χ2v) is 6.75. The van der Waals surface area contributed by atoms with Crippen molar-refractivity contribution in [3.8, 4) is 5.75 Å². The van der Waals surface area contributed by atoms with Crippen molar-refractivity contribution in [3.05, 3.63) is 29.3 Å². The first-order valence-corrected chi connectivity index (χ1v) is 8.09. The number of hydrogen-bond acceptors (Lipinski definition) is 2. The van der Waals surface area contributed by atoms with Crippen molar-refractivity contribution in [1.29, 1.82) is 0 Å². The van der Waals surface area contributed by atoms with E-state index in [1.54, 1.807) is 0 Å². The zero-order valence-electron chi connectivity index (χ0n) is 12.7. The summed E-state index contributed by atoms with van der Waals surface area (Å²) in [6.07, 6.45) is 7.64. The first kappa shape index (κ1) is 13.9. The summed E-state index contributed by atoms with van der Waals surface area (Å²) < 4.78 is 6.40. The predicted molar refractivity (Wildman–Crippen MR) is 81.0 cm³/mol. The molecule has 3 atom stereocenters. The van der Waals surface area contributed by atoms with Gasteiger partial charge in [0, 0.05) is 12.0 Å². The van der Waals surface area contributed by atoms with Crippen LogP contribution in [0.3, 0.4) is 0 Å². The molecule has 0 amide bonds. The molecular formula is C18H26O2. The van der Waals surface area contributed by atoms with Gasteiger partial charge < -0.3 is 9.84 Å². The van der Waals surface area contributed by atoms with Crippen molar-refractivity contribution in [2.75, 3.05) is 0 Å². The van der Waals surface area contributed by atoms with E-state index in [2.05, 4.69) is 26.0 Å². The van der Waals surface area contributed by atoms with Gasteiger partial charge in [-0.2, -0.15) is 0 Å². The Bertz CT molecular complexity index is 482. The molecule has 0 aromatic heterocycles. The first-order valence-electron chi connectivity index (χ1n) is 8.09. The fourth-order valence-electron chi connectivity index (χ4n) is 3.92. The van der Waals surface area contributed by atoms with E-state index in [4.69, 9.17) is 4.74 Å². The van der Waals surface area contributed by atoms with Crippen molar-refractivity contribution >= 4 is 0 Å². The molecular weight excluding hydrogens is 248 g/mol. The summed E-state index contributed by atoms with van der Waals surface area (Å²) in [6, 6.07) is 6.19. The zero-order chi connectivity index (χ0) is 14.2. The fourth-order valence-corrected chi connectivity index (χ4v) is 3.92. The van der Waals surface area contributed by atoms with E-state index in [1.807, 2.05) is 6.07 Å². The Morgan fingerprint density at radius 2 is 2.15 bits per heavy atom. The number of hydrogen-bond donors (Lipinski definition) is 1. The lowest BCUT2D eigenvalue weighted by atomic mass is 9.82. The van der Waals surface area contributed by atoms with Gasteiger partial charge in [-0.25, -0.2) is 0 Å². The summed E-state index contributed by atoms with van der Waals surface area (Å²) in [7, 11) is 0. The van der Waals surface area contributed by atoms with Crippen LogP contribution < -0.4 is 4.74 Å². The number of benzene rings is 1. The van der Waals surface area contributed by atoms with E-state index >= 15 is 0 Å². The normalized spacial score (nSPS) is 33.4. The molecule has 1 heterocycles. The van der Waals surface area contributed by atoms with Gasteiger partial charge in [-0.1, -0.05) is 31.4 Å². The Morgan fingerprint density at radius 3 is 2.95 bits per heavy atom. The van der Waals surface area contributed by atoms with Crippen molar-refractivity contribution < 1.29 is 9.84 Å². The molecule has 1 saturated carbocycles. The van der Waals surface area contributed by atoms with E-state index in [0.29, 0.717) is 0 Å². The number of rotatable bonds is 1. The van der Waals surface area contributed by atoms with E-state index < -0.39 is 0 Å². The van der Waals surface area contributed by atoms with Crippen LogP contribution in [0, 0.1) is 12.8 Å². The van der Waals surface area contributed by atoms with Gasteiger partial charge in [-0.05, 0) is 50.7 Å². The molecule has 1 aromatic rings. The first-order chi connectivity index (χ1) is 9.62.